The van der Waals surface area contributed by atoms with Crippen molar-refractivity contribution in [2.24, 2.45) is 5.92 Å². The Morgan fingerprint density at radius 2 is 1.71 bits per heavy atom. The SMILES string of the molecule is CC(C)C1(c2noc(C3CCC(F)(F)CC3)n2)CCN(C(=O)[C@@H]2C[C@@H](O)CCN2C(=O)OC(C)(C)C)CC1. The Labute approximate surface area is 223 Å². The summed E-state index contributed by atoms with van der Waals surface area (Å²) in [6, 6.07) is -0.777. The van der Waals surface area contributed by atoms with Crippen molar-refractivity contribution in [3.8, 4) is 0 Å². The Bertz CT molecular complexity index is 990. The molecule has 0 aromatic carbocycles. The molecule has 0 spiro atoms. The van der Waals surface area contributed by atoms with E-state index in [0.29, 0.717) is 56.9 Å². The number of aromatic nitrogens is 2. The maximum atomic E-state index is 13.6. The summed E-state index contributed by atoms with van der Waals surface area (Å²) in [4.78, 5) is 34.4. The molecule has 4 rings (SSSR count). The number of likely N-dealkylation sites (tertiary alicyclic amines) is 2. The second-order valence-corrected chi connectivity index (χ2v) is 12.6. The first-order chi connectivity index (χ1) is 17.7. The van der Waals surface area contributed by atoms with Gasteiger partial charge in [-0.25, -0.2) is 13.6 Å². The normalized spacial score (nSPS) is 26.4. The van der Waals surface area contributed by atoms with E-state index in [1.165, 1.54) is 4.90 Å². The number of nitrogens with zero attached hydrogens (tertiary/aromatic N) is 4. The van der Waals surface area contributed by atoms with Crippen molar-refractivity contribution in [3.63, 3.8) is 0 Å². The topological polar surface area (TPSA) is 109 Å². The second-order valence-electron chi connectivity index (χ2n) is 12.6. The molecular formula is C27H42F2N4O5. The molecule has 1 aromatic heterocycles. The number of aliphatic hydroxyl groups excluding tert-OH is 1. The van der Waals surface area contributed by atoms with Gasteiger partial charge in [0, 0.05) is 50.2 Å². The van der Waals surface area contributed by atoms with E-state index < -0.39 is 35.2 Å². The monoisotopic (exact) mass is 540 g/mol. The molecule has 1 aromatic rings. The summed E-state index contributed by atoms with van der Waals surface area (Å²) in [6.45, 7) is 10.7. The predicted octanol–water partition coefficient (Wildman–Crippen LogP) is 4.64. The van der Waals surface area contributed by atoms with Gasteiger partial charge in [0.25, 0.3) is 0 Å². The summed E-state index contributed by atoms with van der Waals surface area (Å²) in [5.41, 5.74) is -1.10. The van der Waals surface area contributed by atoms with Crippen molar-refractivity contribution < 1.29 is 32.7 Å². The van der Waals surface area contributed by atoms with Crippen LogP contribution in [0, 0.1) is 5.92 Å². The summed E-state index contributed by atoms with van der Waals surface area (Å²) in [6.07, 6.45) is 0.919. The van der Waals surface area contributed by atoms with Gasteiger partial charge in [-0.2, -0.15) is 4.98 Å². The van der Waals surface area contributed by atoms with Crippen LogP contribution in [0.3, 0.4) is 0 Å². The largest absolute Gasteiger partial charge is 0.444 e. The maximum absolute atomic E-state index is 13.6. The minimum Gasteiger partial charge on any atom is -0.444 e. The van der Waals surface area contributed by atoms with Crippen molar-refractivity contribution in [2.75, 3.05) is 19.6 Å². The molecule has 0 unspecified atom stereocenters. The molecule has 11 heteroatoms. The van der Waals surface area contributed by atoms with Crippen LogP contribution in [-0.4, -0.2) is 80.4 Å². The molecule has 0 radical (unpaired) electrons. The van der Waals surface area contributed by atoms with Crippen LogP contribution >= 0.6 is 0 Å². The zero-order valence-corrected chi connectivity index (χ0v) is 23.2. The van der Waals surface area contributed by atoms with E-state index in [9.17, 15) is 23.5 Å². The van der Waals surface area contributed by atoms with Crippen LogP contribution < -0.4 is 0 Å². The number of piperidine rings is 2. The van der Waals surface area contributed by atoms with Gasteiger partial charge < -0.3 is 19.3 Å². The van der Waals surface area contributed by atoms with Crippen molar-refractivity contribution in [2.45, 2.75) is 121 Å². The third-order valence-electron chi connectivity index (χ3n) is 8.51. The summed E-state index contributed by atoms with van der Waals surface area (Å²) in [5, 5.41) is 14.6. The Morgan fingerprint density at radius 3 is 2.29 bits per heavy atom. The van der Waals surface area contributed by atoms with Crippen LogP contribution in [0.5, 0.6) is 0 Å². The number of amides is 2. The highest BCUT2D eigenvalue weighted by molar-refractivity contribution is 5.86. The fourth-order valence-corrected chi connectivity index (χ4v) is 6.01. The number of carbonyl (C=O) groups excluding carboxylic acids is 2. The van der Waals surface area contributed by atoms with Gasteiger partial charge in [-0.05, 0) is 58.8 Å². The smallest absolute Gasteiger partial charge is 0.410 e. The Kier molecular flexibility index (Phi) is 8.08. The third-order valence-corrected chi connectivity index (χ3v) is 8.51. The minimum absolute atomic E-state index is 0.154. The van der Waals surface area contributed by atoms with Gasteiger partial charge in [-0.3, -0.25) is 9.69 Å². The molecule has 1 aliphatic carbocycles. The Hall–Kier alpha value is -2.30. The quantitative estimate of drug-likeness (QED) is 0.593. The standard InChI is InChI=1S/C27H42F2N4O5/c1-17(2)26(23-30-21(38-31-23)18-6-9-27(28,29)10-7-18)11-14-32(15-12-26)22(35)20-16-19(34)8-13-33(20)24(36)37-25(3,4)5/h17-20,34H,6-16H2,1-5H3/t19-,20-/m0/s1. The number of hydrogen-bond acceptors (Lipinski definition) is 7. The molecule has 2 aliphatic heterocycles. The second kappa shape index (κ2) is 10.7. The molecule has 3 heterocycles. The Morgan fingerprint density at radius 1 is 1.08 bits per heavy atom. The van der Waals surface area contributed by atoms with Crippen LogP contribution in [0.1, 0.15) is 104 Å². The van der Waals surface area contributed by atoms with E-state index in [2.05, 4.69) is 19.0 Å². The van der Waals surface area contributed by atoms with Gasteiger partial charge in [0.2, 0.25) is 17.7 Å². The number of hydrogen-bond donors (Lipinski definition) is 1. The van der Waals surface area contributed by atoms with Crippen molar-refractivity contribution in [1.82, 2.24) is 19.9 Å². The molecule has 1 saturated carbocycles. The molecule has 2 amide bonds. The molecule has 3 fully saturated rings. The van der Waals surface area contributed by atoms with Crippen molar-refractivity contribution in [1.29, 1.82) is 0 Å². The average Bonchev–Trinajstić information content (AvgIpc) is 3.33. The van der Waals surface area contributed by atoms with Gasteiger partial charge in [0.05, 0.1) is 6.10 Å². The fourth-order valence-electron chi connectivity index (χ4n) is 6.01. The summed E-state index contributed by atoms with van der Waals surface area (Å²) in [7, 11) is 0. The van der Waals surface area contributed by atoms with E-state index in [4.69, 9.17) is 14.2 Å². The zero-order valence-electron chi connectivity index (χ0n) is 23.2. The zero-order chi connectivity index (χ0) is 27.9. The molecule has 0 bridgehead atoms. The van der Waals surface area contributed by atoms with E-state index in [-0.39, 0.29) is 43.6 Å². The van der Waals surface area contributed by atoms with Gasteiger partial charge in [0.1, 0.15) is 11.6 Å². The highest BCUT2D eigenvalue weighted by Crippen LogP contribution is 2.44. The number of rotatable bonds is 4. The van der Waals surface area contributed by atoms with Crippen LogP contribution in [0.4, 0.5) is 13.6 Å². The lowest BCUT2D eigenvalue weighted by molar-refractivity contribution is -0.142. The minimum atomic E-state index is -2.62. The number of ether oxygens (including phenoxy) is 1. The summed E-state index contributed by atoms with van der Waals surface area (Å²) < 4.78 is 38.3. The molecule has 3 aliphatic rings. The number of carbonyl (C=O) groups is 2. The fraction of sp³-hybridized carbons (Fsp3) is 0.852. The Balaban J connectivity index is 1.45. The summed E-state index contributed by atoms with van der Waals surface area (Å²) >= 11 is 0. The van der Waals surface area contributed by atoms with E-state index >= 15 is 0 Å². The molecular weight excluding hydrogens is 498 g/mol. The molecule has 9 nitrogen and oxygen atoms in total. The van der Waals surface area contributed by atoms with Gasteiger partial charge in [-0.1, -0.05) is 19.0 Å². The van der Waals surface area contributed by atoms with Gasteiger partial charge in [-0.15, -0.1) is 0 Å². The lowest BCUT2D eigenvalue weighted by Crippen LogP contribution is -2.58. The molecule has 214 valence electrons. The van der Waals surface area contributed by atoms with E-state index in [0.717, 1.165) is 0 Å². The summed E-state index contributed by atoms with van der Waals surface area (Å²) in [5.74, 6) is -1.79. The van der Waals surface area contributed by atoms with Gasteiger partial charge in [0.15, 0.2) is 5.82 Å². The van der Waals surface area contributed by atoms with Gasteiger partial charge >= 0.3 is 6.09 Å². The number of alkyl halides is 2. The van der Waals surface area contributed by atoms with E-state index in [1.807, 2.05) is 0 Å². The van der Waals surface area contributed by atoms with Crippen molar-refractivity contribution >= 4 is 12.0 Å². The lowest BCUT2D eigenvalue weighted by Gasteiger charge is -2.45. The molecule has 38 heavy (non-hydrogen) atoms. The van der Waals surface area contributed by atoms with E-state index in [1.54, 1.807) is 25.7 Å². The molecule has 1 N–H and O–H groups in total. The average molecular weight is 541 g/mol. The van der Waals surface area contributed by atoms with Crippen LogP contribution in [0.25, 0.3) is 0 Å². The van der Waals surface area contributed by atoms with Crippen LogP contribution in [0.2, 0.25) is 0 Å². The first kappa shape index (κ1) is 28.7. The van der Waals surface area contributed by atoms with Crippen LogP contribution in [-0.2, 0) is 14.9 Å². The third kappa shape index (κ3) is 6.13. The first-order valence-electron chi connectivity index (χ1n) is 13.9. The maximum Gasteiger partial charge on any atom is 0.410 e. The van der Waals surface area contributed by atoms with Crippen molar-refractivity contribution in [3.05, 3.63) is 11.7 Å². The predicted molar refractivity (Wildman–Crippen MR) is 135 cm³/mol. The highest BCUT2D eigenvalue weighted by atomic mass is 19.3. The molecule has 2 saturated heterocycles. The lowest BCUT2D eigenvalue weighted by atomic mass is 9.69. The highest BCUT2D eigenvalue weighted by Gasteiger charge is 2.47. The molecule has 2 atom stereocenters. The number of aliphatic hydroxyl groups is 1. The van der Waals surface area contributed by atoms with Crippen LogP contribution in [0.15, 0.2) is 4.52 Å². The number of halogens is 2. The first-order valence-corrected chi connectivity index (χ1v) is 13.9.